The number of fused-ring (bicyclic) bond motifs is 1. The fraction of sp³-hybridized carbons (Fsp3) is 0.421. The van der Waals surface area contributed by atoms with Crippen LogP contribution in [0.4, 0.5) is 0 Å². The zero-order valence-electron chi connectivity index (χ0n) is 15.3. The van der Waals surface area contributed by atoms with Crippen LogP contribution >= 0.6 is 0 Å². The van der Waals surface area contributed by atoms with Gasteiger partial charge in [0.15, 0.2) is 0 Å². The summed E-state index contributed by atoms with van der Waals surface area (Å²) in [5.41, 5.74) is 3.18. The molecule has 140 valence electrons. The lowest BCUT2D eigenvalue weighted by atomic mass is 9.88. The van der Waals surface area contributed by atoms with Crippen molar-refractivity contribution < 1.29 is 17.9 Å². The van der Waals surface area contributed by atoms with Gasteiger partial charge in [-0.15, -0.1) is 0 Å². The third-order valence-electron chi connectivity index (χ3n) is 4.73. The van der Waals surface area contributed by atoms with E-state index in [9.17, 15) is 13.2 Å². The molecule has 0 spiro atoms. The highest BCUT2D eigenvalue weighted by atomic mass is 32.2. The predicted octanol–water partition coefficient (Wildman–Crippen LogP) is 3.16. The van der Waals surface area contributed by atoms with Gasteiger partial charge >= 0.3 is 5.97 Å². The largest absolute Gasteiger partial charge is 0.462 e. The second kappa shape index (κ2) is 7.25. The first-order chi connectivity index (χ1) is 12.3. The second-order valence-electron chi connectivity index (χ2n) is 6.56. The number of ether oxygens (including phenoxy) is 1. The molecule has 0 unspecified atom stereocenters. The maximum atomic E-state index is 13.1. The predicted molar refractivity (Wildman–Crippen MR) is 98.7 cm³/mol. The molecule has 1 atom stereocenters. The van der Waals surface area contributed by atoms with Gasteiger partial charge in [-0.1, -0.05) is 24.3 Å². The van der Waals surface area contributed by atoms with Crippen LogP contribution < -0.4 is 4.72 Å². The average Bonchev–Trinajstić information content (AvgIpc) is 2.90. The van der Waals surface area contributed by atoms with E-state index >= 15 is 0 Å². The Bertz CT molecular complexity index is 931. The number of benzene rings is 1. The summed E-state index contributed by atoms with van der Waals surface area (Å²) in [4.78, 5) is 15.2. The van der Waals surface area contributed by atoms with Gasteiger partial charge < -0.3 is 9.72 Å². The number of aromatic amines is 1. The van der Waals surface area contributed by atoms with Crippen LogP contribution in [0.5, 0.6) is 0 Å². The molecule has 26 heavy (non-hydrogen) atoms. The van der Waals surface area contributed by atoms with Crippen LogP contribution in [0.3, 0.4) is 0 Å². The average molecular weight is 376 g/mol. The molecule has 1 aliphatic rings. The number of sulfonamides is 1. The minimum absolute atomic E-state index is 0.0171. The number of carbonyl (C=O) groups excluding carboxylic acids is 1. The van der Waals surface area contributed by atoms with Gasteiger partial charge in [-0.3, -0.25) is 0 Å². The fourth-order valence-electron chi connectivity index (χ4n) is 3.67. The summed E-state index contributed by atoms with van der Waals surface area (Å²) in [6.45, 7) is 5.21. The molecule has 1 aromatic carbocycles. The molecular formula is C19H24N2O4S. The van der Waals surface area contributed by atoms with E-state index in [1.165, 1.54) is 5.56 Å². The highest BCUT2D eigenvalue weighted by Crippen LogP contribution is 2.32. The van der Waals surface area contributed by atoms with Crippen LogP contribution in [0.2, 0.25) is 0 Å². The molecule has 7 heteroatoms. The molecule has 2 aromatic rings. The summed E-state index contributed by atoms with van der Waals surface area (Å²) >= 11 is 0. The van der Waals surface area contributed by atoms with Gasteiger partial charge in [-0.2, -0.15) is 0 Å². The van der Waals surface area contributed by atoms with Crippen molar-refractivity contribution in [1.29, 1.82) is 0 Å². The minimum Gasteiger partial charge on any atom is -0.462 e. The molecule has 0 saturated heterocycles. The molecule has 1 aliphatic carbocycles. The number of nitrogens with one attached hydrogen (secondary N) is 2. The Hall–Kier alpha value is -2.12. The molecule has 0 bridgehead atoms. The number of aryl methyl sites for hydroxylation is 3. The van der Waals surface area contributed by atoms with E-state index in [1.807, 2.05) is 24.3 Å². The van der Waals surface area contributed by atoms with E-state index in [4.69, 9.17) is 4.74 Å². The first kappa shape index (κ1) is 18.7. The molecule has 0 aliphatic heterocycles. The number of hydrogen-bond acceptors (Lipinski definition) is 4. The van der Waals surface area contributed by atoms with E-state index in [1.54, 1.807) is 20.8 Å². The first-order valence-electron chi connectivity index (χ1n) is 8.81. The van der Waals surface area contributed by atoms with Gasteiger partial charge in [0, 0.05) is 17.4 Å². The van der Waals surface area contributed by atoms with Crippen molar-refractivity contribution in [3.8, 4) is 0 Å². The van der Waals surface area contributed by atoms with Crippen LogP contribution in [-0.4, -0.2) is 26.0 Å². The molecular weight excluding hydrogens is 352 g/mol. The Morgan fingerprint density at radius 3 is 2.73 bits per heavy atom. The third kappa shape index (κ3) is 3.41. The van der Waals surface area contributed by atoms with E-state index in [0.29, 0.717) is 11.4 Å². The zero-order valence-corrected chi connectivity index (χ0v) is 16.1. The van der Waals surface area contributed by atoms with E-state index < -0.39 is 16.0 Å². The van der Waals surface area contributed by atoms with Crippen molar-refractivity contribution in [2.24, 2.45) is 0 Å². The highest BCUT2D eigenvalue weighted by molar-refractivity contribution is 7.89. The Morgan fingerprint density at radius 2 is 2.00 bits per heavy atom. The zero-order chi connectivity index (χ0) is 18.9. The van der Waals surface area contributed by atoms with Crippen molar-refractivity contribution in [1.82, 2.24) is 9.71 Å². The van der Waals surface area contributed by atoms with Crippen LogP contribution in [0.25, 0.3) is 0 Å². The summed E-state index contributed by atoms with van der Waals surface area (Å²) in [5.74, 6) is -0.626. The smallest absolute Gasteiger partial charge is 0.341 e. The molecule has 3 rings (SSSR count). The van der Waals surface area contributed by atoms with E-state index in [2.05, 4.69) is 9.71 Å². The van der Waals surface area contributed by atoms with E-state index in [-0.39, 0.29) is 23.1 Å². The van der Waals surface area contributed by atoms with Crippen LogP contribution in [0, 0.1) is 13.8 Å². The Balaban J connectivity index is 1.99. The van der Waals surface area contributed by atoms with Crippen LogP contribution in [-0.2, 0) is 21.2 Å². The lowest BCUT2D eigenvalue weighted by molar-refractivity contribution is 0.0521. The van der Waals surface area contributed by atoms with Gasteiger partial charge in [0.05, 0.1) is 6.61 Å². The standard InChI is InChI=1S/C19H24N2O4S/c1-4-25-19(22)17-12(2)20-13(3)18(17)26(23,24)21-16-11-7-9-14-8-5-6-10-15(14)16/h5-6,8,10,16,20-21H,4,7,9,11H2,1-3H3/t16-/m0/s1. The topological polar surface area (TPSA) is 88.3 Å². The Kier molecular flexibility index (Phi) is 5.20. The van der Waals surface area contributed by atoms with Crippen LogP contribution in [0.1, 0.15) is 58.7 Å². The normalized spacial score (nSPS) is 17.0. The minimum atomic E-state index is -3.89. The second-order valence-corrected chi connectivity index (χ2v) is 8.22. The number of aromatic nitrogens is 1. The molecule has 6 nitrogen and oxygen atoms in total. The monoisotopic (exact) mass is 376 g/mol. The maximum absolute atomic E-state index is 13.1. The molecule has 0 amide bonds. The number of rotatable bonds is 5. The van der Waals surface area contributed by atoms with Gasteiger partial charge in [-0.05, 0) is 51.2 Å². The molecule has 1 heterocycles. The van der Waals surface area contributed by atoms with Gasteiger partial charge in [0.25, 0.3) is 0 Å². The summed E-state index contributed by atoms with van der Waals surface area (Å²) in [7, 11) is -3.89. The van der Waals surface area contributed by atoms with Gasteiger partial charge in [0.1, 0.15) is 10.5 Å². The summed E-state index contributed by atoms with van der Waals surface area (Å²) in [6.07, 6.45) is 2.60. The summed E-state index contributed by atoms with van der Waals surface area (Å²) in [6, 6.07) is 7.58. The molecule has 2 N–H and O–H groups in total. The first-order valence-corrected chi connectivity index (χ1v) is 10.3. The number of esters is 1. The number of hydrogen-bond donors (Lipinski definition) is 2. The Labute approximate surface area is 154 Å². The maximum Gasteiger partial charge on any atom is 0.341 e. The fourth-order valence-corrected chi connectivity index (χ4v) is 5.36. The van der Waals surface area contributed by atoms with Crippen LogP contribution in [0.15, 0.2) is 29.2 Å². The van der Waals surface area contributed by atoms with Crippen molar-refractivity contribution in [3.05, 3.63) is 52.3 Å². The third-order valence-corrected chi connectivity index (χ3v) is 6.38. The van der Waals surface area contributed by atoms with E-state index in [0.717, 1.165) is 24.8 Å². The van der Waals surface area contributed by atoms with Crippen molar-refractivity contribution in [2.45, 2.75) is 51.0 Å². The number of carbonyl (C=O) groups is 1. The van der Waals surface area contributed by atoms with Crippen molar-refractivity contribution in [3.63, 3.8) is 0 Å². The van der Waals surface area contributed by atoms with Crippen molar-refractivity contribution in [2.75, 3.05) is 6.61 Å². The SMILES string of the molecule is CCOC(=O)c1c(C)[nH]c(C)c1S(=O)(=O)N[C@H]1CCCc2ccccc21. The van der Waals surface area contributed by atoms with Gasteiger partial charge in [0.2, 0.25) is 10.0 Å². The Morgan fingerprint density at radius 1 is 1.27 bits per heavy atom. The van der Waals surface area contributed by atoms with Crippen molar-refractivity contribution >= 4 is 16.0 Å². The lowest BCUT2D eigenvalue weighted by Crippen LogP contribution is -2.32. The lowest BCUT2D eigenvalue weighted by Gasteiger charge is -2.26. The summed E-state index contributed by atoms with van der Waals surface area (Å²) < 4.78 is 34.1. The summed E-state index contributed by atoms with van der Waals surface area (Å²) in [5, 5.41) is 0. The molecule has 0 fully saturated rings. The molecule has 1 aromatic heterocycles. The quantitative estimate of drug-likeness (QED) is 0.785. The highest BCUT2D eigenvalue weighted by Gasteiger charge is 2.33. The van der Waals surface area contributed by atoms with Gasteiger partial charge in [-0.25, -0.2) is 17.9 Å². The number of H-pyrrole nitrogens is 1. The molecule has 0 radical (unpaired) electrons. The molecule has 0 saturated carbocycles.